The quantitative estimate of drug-likeness (QED) is 0.650. The number of carbonyl (C=O) groups excluding carboxylic acids is 1. The molecule has 1 unspecified atom stereocenters. The van der Waals surface area contributed by atoms with Gasteiger partial charge in [-0.05, 0) is 48.8 Å². The van der Waals surface area contributed by atoms with Crippen molar-refractivity contribution in [2.75, 3.05) is 23.4 Å². The Morgan fingerprint density at radius 1 is 1.19 bits per heavy atom. The minimum Gasteiger partial charge on any atom is -0.396 e. The number of amides is 1. The SMILES string of the molecule is CC(C)(C)c1ccc(C(=O)Nc2cc(N3CCCCC3CCO)n3nccc3n2)cc1. The lowest BCUT2D eigenvalue weighted by Gasteiger charge is -2.37. The first-order valence-electron chi connectivity index (χ1n) is 11.0. The predicted molar refractivity (Wildman–Crippen MR) is 123 cm³/mol. The summed E-state index contributed by atoms with van der Waals surface area (Å²) in [5, 5.41) is 16.9. The molecular formula is C24H31N5O2. The van der Waals surface area contributed by atoms with Gasteiger partial charge in [-0.3, -0.25) is 4.79 Å². The van der Waals surface area contributed by atoms with Gasteiger partial charge in [0, 0.05) is 36.9 Å². The number of piperidine rings is 1. The van der Waals surface area contributed by atoms with Crippen molar-refractivity contribution in [3.8, 4) is 0 Å². The van der Waals surface area contributed by atoms with Crippen LogP contribution in [0.4, 0.5) is 11.6 Å². The van der Waals surface area contributed by atoms with E-state index in [1.54, 1.807) is 6.20 Å². The van der Waals surface area contributed by atoms with Crippen LogP contribution < -0.4 is 10.2 Å². The fourth-order valence-electron chi connectivity index (χ4n) is 4.23. The number of nitrogens with zero attached hydrogens (tertiary/aromatic N) is 4. The maximum absolute atomic E-state index is 12.9. The number of fused-ring (bicyclic) bond motifs is 1. The predicted octanol–water partition coefficient (Wildman–Crippen LogP) is 4.02. The molecule has 0 bridgehead atoms. The maximum atomic E-state index is 12.9. The molecule has 1 fully saturated rings. The summed E-state index contributed by atoms with van der Waals surface area (Å²) in [5.41, 5.74) is 2.51. The fourth-order valence-corrected chi connectivity index (χ4v) is 4.23. The van der Waals surface area contributed by atoms with Crippen LogP contribution >= 0.6 is 0 Å². The highest BCUT2D eigenvalue weighted by atomic mass is 16.3. The molecule has 0 aliphatic carbocycles. The Morgan fingerprint density at radius 3 is 2.68 bits per heavy atom. The molecule has 2 aromatic heterocycles. The minimum absolute atomic E-state index is 0.0397. The third kappa shape index (κ3) is 4.56. The third-order valence-electron chi connectivity index (χ3n) is 5.98. The Hall–Kier alpha value is -2.93. The highest BCUT2D eigenvalue weighted by Gasteiger charge is 2.25. The lowest BCUT2D eigenvalue weighted by molar-refractivity contribution is 0.102. The van der Waals surface area contributed by atoms with Crippen molar-refractivity contribution in [1.82, 2.24) is 14.6 Å². The third-order valence-corrected chi connectivity index (χ3v) is 5.98. The van der Waals surface area contributed by atoms with E-state index in [2.05, 4.69) is 41.1 Å². The van der Waals surface area contributed by atoms with Gasteiger partial charge in [-0.15, -0.1) is 0 Å². The summed E-state index contributed by atoms with van der Waals surface area (Å²) in [5.74, 6) is 1.21. The summed E-state index contributed by atoms with van der Waals surface area (Å²) < 4.78 is 1.81. The summed E-state index contributed by atoms with van der Waals surface area (Å²) in [6.07, 6.45) is 5.71. The Kier molecular flexibility index (Phi) is 5.96. The number of hydrogen-bond donors (Lipinski definition) is 2. The fraction of sp³-hybridized carbons (Fsp3) is 0.458. The van der Waals surface area contributed by atoms with Crippen LogP contribution in [0.1, 0.15) is 62.4 Å². The Labute approximate surface area is 183 Å². The topological polar surface area (TPSA) is 82.8 Å². The number of hydrogen-bond acceptors (Lipinski definition) is 5. The van der Waals surface area contributed by atoms with Crippen LogP contribution in [-0.2, 0) is 5.41 Å². The maximum Gasteiger partial charge on any atom is 0.256 e. The van der Waals surface area contributed by atoms with E-state index in [9.17, 15) is 9.90 Å². The Balaban J connectivity index is 1.62. The Bertz CT molecular complexity index is 1050. The van der Waals surface area contributed by atoms with Crippen molar-refractivity contribution in [2.24, 2.45) is 0 Å². The second-order valence-electron chi connectivity index (χ2n) is 9.24. The lowest BCUT2D eigenvalue weighted by Crippen LogP contribution is -2.41. The zero-order chi connectivity index (χ0) is 22.0. The first kappa shape index (κ1) is 21.3. The summed E-state index contributed by atoms with van der Waals surface area (Å²) in [6, 6.07) is 11.7. The lowest BCUT2D eigenvalue weighted by atomic mass is 9.87. The number of anilines is 2. The van der Waals surface area contributed by atoms with E-state index in [0.29, 0.717) is 23.4 Å². The first-order chi connectivity index (χ1) is 14.9. The molecular weight excluding hydrogens is 390 g/mol. The van der Waals surface area contributed by atoms with Crippen LogP contribution in [0.2, 0.25) is 0 Å². The number of rotatable bonds is 5. The van der Waals surface area contributed by atoms with E-state index in [1.165, 1.54) is 5.56 Å². The van der Waals surface area contributed by atoms with Gasteiger partial charge in [0.25, 0.3) is 5.91 Å². The van der Waals surface area contributed by atoms with Crippen molar-refractivity contribution < 1.29 is 9.90 Å². The van der Waals surface area contributed by atoms with Crippen LogP contribution in [0.25, 0.3) is 5.65 Å². The summed E-state index contributed by atoms with van der Waals surface area (Å²) in [7, 11) is 0. The van der Waals surface area contributed by atoms with Gasteiger partial charge in [0.2, 0.25) is 0 Å². The second-order valence-corrected chi connectivity index (χ2v) is 9.24. The van der Waals surface area contributed by atoms with Gasteiger partial charge in [-0.2, -0.15) is 9.61 Å². The molecule has 0 saturated carbocycles. The monoisotopic (exact) mass is 421 g/mol. The van der Waals surface area contributed by atoms with Crippen molar-refractivity contribution >= 4 is 23.2 Å². The van der Waals surface area contributed by atoms with Crippen LogP contribution in [-0.4, -0.2) is 44.8 Å². The van der Waals surface area contributed by atoms with Crippen LogP contribution in [0.3, 0.4) is 0 Å². The zero-order valence-corrected chi connectivity index (χ0v) is 18.5. The highest BCUT2D eigenvalue weighted by molar-refractivity contribution is 6.04. The summed E-state index contributed by atoms with van der Waals surface area (Å²) in [4.78, 5) is 19.7. The number of nitrogens with one attached hydrogen (secondary N) is 1. The van der Waals surface area contributed by atoms with Crippen molar-refractivity contribution in [1.29, 1.82) is 0 Å². The number of aromatic nitrogens is 3. The number of benzene rings is 1. The smallest absolute Gasteiger partial charge is 0.256 e. The van der Waals surface area contributed by atoms with Crippen molar-refractivity contribution in [2.45, 2.75) is 57.9 Å². The molecule has 1 amide bonds. The molecule has 1 aromatic carbocycles. The summed E-state index contributed by atoms with van der Waals surface area (Å²) in [6.45, 7) is 7.50. The van der Waals surface area contributed by atoms with Gasteiger partial charge in [-0.25, -0.2) is 4.98 Å². The van der Waals surface area contributed by atoms with E-state index < -0.39 is 0 Å². The average Bonchev–Trinajstić information content (AvgIpc) is 3.22. The minimum atomic E-state index is -0.187. The molecule has 7 heteroatoms. The van der Waals surface area contributed by atoms with Gasteiger partial charge < -0.3 is 15.3 Å². The molecule has 164 valence electrons. The van der Waals surface area contributed by atoms with E-state index in [0.717, 1.165) is 31.6 Å². The molecule has 0 spiro atoms. The van der Waals surface area contributed by atoms with E-state index in [1.807, 2.05) is 40.9 Å². The second kappa shape index (κ2) is 8.67. The highest BCUT2D eigenvalue weighted by Crippen LogP contribution is 2.29. The molecule has 1 atom stereocenters. The van der Waals surface area contributed by atoms with Crippen LogP contribution in [0, 0.1) is 0 Å². The molecule has 3 heterocycles. The van der Waals surface area contributed by atoms with Gasteiger partial charge in [-0.1, -0.05) is 32.9 Å². The summed E-state index contributed by atoms with van der Waals surface area (Å²) >= 11 is 0. The van der Waals surface area contributed by atoms with Crippen LogP contribution in [0.15, 0.2) is 42.6 Å². The molecule has 7 nitrogen and oxygen atoms in total. The first-order valence-corrected chi connectivity index (χ1v) is 11.0. The number of carbonyl (C=O) groups is 1. The molecule has 3 aromatic rings. The van der Waals surface area contributed by atoms with E-state index in [-0.39, 0.29) is 24.0 Å². The van der Waals surface area contributed by atoms with Gasteiger partial charge in [0.1, 0.15) is 11.6 Å². The largest absolute Gasteiger partial charge is 0.396 e. The molecule has 4 rings (SSSR count). The van der Waals surface area contributed by atoms with E-state index >= 15 is 0 Å². The van der Waals surface area contributed by atoms with Gasteiger partial charge in [0.15, 0.2) is 5.65 Å². The Morgan fingerprint density at radius 2 is 1.97 bits per heavy atom. The standard InChI is InChI=1S/C24H31N5O2/c1-24(2,3)18-9-7-17(8-10-18)23(31)27-20-16-22(29-21(26-20)11-13-25-29)28-14-5-4-6-19(28)12-15-30/h7-11,13,16,19,30H,4-6,12,14-15H2,1-3H3,(H,26,27,31). The average molecular weight is 422 g/mol. The molecule has 1 aliphatic rings. The molecule has 31 heavy (non-hydrogen) atoms. The van der Waals surface area contributed by atoms with E-state index in [4.69, 9.17) is 0 Å². The molecule has 1 saturated heterocycles. The normalized spacial score (nSPS) is 17.2. The van der Waals surface area contributed by atoms with Crippen LogP contribution in [0.5, 0.6) is 0 Å². The molecule has 2 N–H and O–H groups in total. The van der Waals surface area contributed by atoms with Crippen molar-refractivity contribution in [3.63, 3.8) is 0 Å². The zero-order valence-electron chi connectivity index (χ0n) is 18.5. The van der Waals surface area contributed by atoms with Gasteiger partial charge in [0.05, 0.1) is 6.20 Å². The number of aliphatic hydroxyl groups excluding tert-OH is 1. The molecule has 0 radical (unpaired) electrons. The number of aliphatic hydroxyl groups is 1. The molecule has 1 aliphatic heterocycles. The van der Waals surface area contributed by atoms with Crippen molar-refractivity contribution in [3.05, 3.63) is 53.7 Å². The van der Waals surface area contributed by atoms with Gasteiger partial charge >= 0.3 is 0 Å².